The van der Waals surface area contributed by atoms with Crippen molar-refractivity contribution in [2.75, 3.05) is 24.5 Å². The van der Waals surface area contributed by atoms with Gasteiger partial charge in [-0.1, -0.05) is 30.7 Å². The molecule has 31 heavy (non-hydrogen) atoms. The minimum Gasteiger partial charge on any atom is -0.478 e. The number of anilines is 1. The number of nitrogens with one attached hydrogen (secondary N) is 3. The average molecular weight is 443 g/mol. The van der Waals surface area contributed by atoms with Gasteiger partial charge in [0.05, 0.1) is 15.8 Å². The van der Waals surface area contributed by atoms with Gasteiger partial charge in [0.15, 0.2) is 11.0 Å². The highest BCUT2D eigenvalue weighted by molar-refractivity contribution is 7.22. The van der Waals surface area contributed by atoms with Crippen LogP contribution in [-0.4, -0.2) is 63.7 Å². The number of hydrogen-bond acceptors (Lipinski definition) is 7. The number of fused-ring (bicyclic) bond motifs is 1. The standard InChI is InChI=1S/C21H26N6O3S/c1-2-3-8-22-16-12-27(11-7-14(16)25-19(28)18-23-9-10-24-18)21-26-15-6-4-5-13(20(29)30)17(15)31-21/h4-6,9-10,14,16,22H,2-3,7-8,11-12H2,1H3,(H,23,24)(H,25,28)(H,29,30). The topological polar surface area (TPSA) is 123 Å². The minimum atomic E-state index is -0.945. The zero-order valence-corrected chi connectivity index (χ0v) is 18.1. The van der Waals surface area contributed by atoms with E-state index in [2.05, 4.69) is 37.4 Å². The van der Waals surface area contributed by atoms with E-state index in [0.717, 1.165) is 37.5 Å². The van der Waals surface area contributed by atoms with E-state index in [0.29, 0.717) is 22.6 Å². The summed E-state index contributed by atoms with van der Waals surface area (Å²) in [5, 5.41) is 17.0. The first-order valence-electron chi connectivity index (χ1n) is 10.5. The van der Waals surface area contributed by atoms with E-state index >= 15 is 0 Å². The number of nitrogens with zero attached hydrogens (tertiary/aromatic N) is 3. The second kappa shape index (κ2) is 9.44. The predicted molar refractivity (Wildman–Crippen MR) is 120 cm³/mol. The van der Waals surface area contributed by atoms with Crippen molar-refractivity contribution in [2.24, 2.45) is 0 Å². The summed E-state index contributed by atoms with van der Waals surface area (Å²) in [7, 11) is 0. The number of amides is 1. The number of carboxylic acids is 1. The van der Waals surface area contributed by atoms with Gasteiger partial charge in [-0.3, -0.25) is 4.79 Å². The third-order valence-corrected chi connectivity index (χ3v) is 6.65. The smallest absolute Gasteiger partial charge is 0.337 e. The molecule has 4 N–H and O–H groups in total. The lowest BCUT2D eigenvalue weighted by molar-refractivity contribution is 0.0699. The fraction of sp³-hybridized carbons (Fsp3) is 0.429. The summed E-state index contributed by atoms with van der Waals surface area (Å²) >= 11 is 1.41. The molecular formula is C21H26N6O3S. The Morgan fingerprint density at radius 3 is 2.97 bits per heavy atom. The first kappa shape index (κ1) is 21.3. The average Bonchev–Trinajstić information content (AvgIpc) is 3.44. The van der Waals surface area contributed by atoms with Crippen molar-refractivity contribution in [2.45, 2.75) is 38.3 Å². The van der Waals surface area contributed by atoms with E-state index < -0.39 is 5.97 Å². The van der Waals surface area contributed by atoms with Gasteiger partial charge < -0.3 is 25.6 Å². The second-order valence-electron chi connectivity index (χ2n) is 7.62. The molecule has 4 rings (SSSR count). The van der Waals surface area contributed by atoms with Gasteiger partial charge in [0.25, 0.3) is 5.91 Å². The van der Waals surface area contributed by atoms with Gasteiger partial charge in [0.2, 0.25) is 0 Å². The van der Waals surface area contributed by atoms with Gasteiger partial charge in [0.1, 0.15) is 0 Å². The summed E-state index contributed by atoms with van der Waals surface area (Å²) in [5.74, 6) is -0.849. The molecule has 0 radical (unpaired) electrons. The van der Waals surface area contributed by atoms with Crippen LogP contribution in [0.3, 0.4) is 0 Å². The number of aromatic amines is 1. The Morgan fingerprint density at radius 2 is 2.23 bits per heavy atom. The molecule has 0 spiro atoms. The molecule has 1 fully saturated rings. The van der Waals surface area contributed by atoms with Crippen molar-refractivity contribution < 1.29 is 14.7 Å². The highest BCUT2D eigenvalue weighted by atomic mass is 32.1. The van der Waals surface area contributed by atoms with Crippen molar-refractivity contribution in [1.82, 2.24) is 25.6 Å². The molecule has 1 aliphatic rings. The molecule has 2 aromatic heterocycles. The number of H-pyrrole nitrogens is 1. The number of unbranched alkanes of at least 4 members (excludes halogenated alkanes) is 1. The Kier molecular flexibility index (Phi) is 6.47. The van der Waals surface area contributed by atoms with Crippen LogP contribution in [0.15, 0.2) is 30.6 Å². The lowest BCUT2D eigenvalue weighted by Gasteiger charge is -2.39. The number of carboxylic acid groups (broad SMARTS) is 1. The number of aromatic nitrogens is 3. The summed E-state index contributed by atoms with van der Waals surface area (Å²) in [6.07, 6.45) is 6.08. The molecule has 1 aliphatic heterocycles. The van der Waals surface area contributed by atoms with E-state index in [-0.39, 0.29) is 23.6 Å². The third kappa shape index (κ3) is 4.70. The Labute approximate surface area is 183 Å². The number of carbonyl (C=O) groups excluding carboxylic acids is 1. The van der Waals surface area contributed by atoms with Crippen LogP contribution in [0, 0.1) is 0 Å². The highest BCUT2D eigenvalue weighted by Gasteiger charge is 2.32. The molecule has 0 bridgehead atoms. The molecule has 10 heteroatoms. The highest BCUT2D eigenvalue weighted by Crippen LogP contribution is 2.33. The molecule has 3 heterocycles. The first-order chi connectivity index (χ1) is 15.1. The molecule has 3 aromatic rings. The molecule has 1 amide bonds. The van der Waals surface area contributed by atoms with Crippen molar-refractivity contribution in [3.8, 4) is 0 Å². The molecule has 164 valence electrons. The maximum Gasteiger partial charge on any atom is 0.337 e. The van der Waals surface area contributed by atoms with E-state index in [1.54, 1.807) is 24.5 Å². The molecule has 2 unspecified atom stereocenters. The normalized spacial score (nSPS) is 18.9. The van der Waals surface area contributed by atoms with Crippen molar-refractivity contribution in [3.05, 3.63) is 42.0 Å². The fourth-order valence-corrected chi connectivity index (χ4v) is 4.94. The van der Waals surface area contributed by atoms with Crippen molar-refractivity contribution in [1.29, 1.82) is 0 Å². The zero-order chi connectivity index (χ0) is 21.8. The third-order valence-electron chi connectivity index (χ3n) is 5.48. The summed E-state index contributed by atoms with van der Waals surface area (Å²) < 4.78 is 0.689. The van der Waals surface area contributed by atoms with Crippen LogP contribution in [0.1, 0.15) is 47.2 Å². The Hall–Kier alpha value is -2.98. The van der Waals surface area contributed by atoms with Gasteiger partial charge in [-0.25, -0.2) is 14.8 Å². The Balaban J connectivity index is 1.52. The van der Waals surface area contributed by atoms with Crippen LogP contribution in [0.4, 0.5) is 5.13 Å². The predicted octanol–water partition coefficient (Wildman–Crippen LogP) is 2.48. The molecule has 0 saturated carbocycles. The fourth-order valence-electron chi connectivity index (χ4n) is 3.84. The number of piperidine rings is 1. The molecule has 9 nitrogen and oxygen atoms in total. The van der Waals surface area contributed by atoms with Gasteiger partial charge in [0, 0.05) is 37.6 Å². The number of hydrogen-bond donors (Lipinski definition) is 4. The van der Waals surface area contributed by atoms with Gasteiger partial charge in [-0.2, -0.15) is 0 Å². The summed E-state index contributed by atoms with van der Waals surface area (Å²) in [6, 6.07) is 5.19. The number of thiazole rings is 1. The molecular weight excluding hydrogens is 416 g/mol. The number of benzene rings is 1. The lowest BCUT2D eigenvalue weighted by atomic mass is 9.99. The SMILES string of the molecule is CCCCNC1CN(c2nc3cccc(C(=O)O)c3s2)CCC1NC(=O)c1ncc[nH]1. The van der Waals surface area contributed by atoms with Crippen LogP contribution in [-0.2, 0) is 0 Å². The monoisotopic (exact) mass is 442 g/mol. The van der Waals surface area contributed by atoms with Crippen molar-refractivity contribution >= 4 is 38.6 Å². The van der Waals surface area contributed by atoms with Crippen LogP contribution < -0.4 is 15.5 Å². The van der Waals surface area contributed by atoms with E-state index in [9.17, 15) is 14.7 Å². The van der Waals surface area contributed by atoms with Crippen molar-refractivity contribution in [3.63, 3.8) is 0 Å². The van der Waals surface area contributed by atoms with E-state index in [1.165, 1.54) is 11.3 Å². The zero-order valence-electron chi connectivity index (χ0n) is 17.3. The first-order valence-corrected chi connectivity index (χ1v) is 11.3. The van der Waals surface area contributed by atoms with Gasteiger partial charge >= 0.3 is 5.97 Å². The summed E-state index contributed by atoms with van der Waals surface area (Å²) in [6.45, 7) is 4.41. The quantitative estimate of drug-likeness (QED) is 0.395. The van der Waals surface area contributed by atoms with E-state index in [4.69, 9.17) is 0 Å². The van der Waals surface area contributed by atoms with Crippen LogP contribution in [0.2, 0.25) is 0 Å². The number of carbonyl (C=O) groups is 2. The molecule has 0 aliphatic carbocycles. The second-order valence-corrected chi connectivity index (χ2v) is 8.60. The summed E-state index contributed by atoms with van der Waals surface area (Å²) in [5.41, 5.74) is 0.975. The molecule has 1 saturated heterocycles. The maximum atomic E-state index is 12.5. The van der Waals surface area contributed by atoms with Crippen LogP contribution in [0.25, 0.3) is 10.2 Å². The Morgan fingerprint density at radius 1 is 1.35 bits per heavy atom. The number of imidazole rings is 1. The Bertz CT molecular complexity index is 1050. The number of rotatable bonds is 8. The van der Waals surface area contributed by atoms with Gasteiger partial charge in [-0.15, -0.1) is 0 Å². The lowest BCUT2D eigenvalue weighted by Crippen LogP contribution is -2.59. The summed E-state index contributed by atoms with van der Waals surface area (Å²) in [4.78, 5) is 37.8. The molecule has 1 aromatic carbocycles. The van der Waals surface area contributed by atoms with Crippen LogP contribution >= 0.6 is 11.3 Å². The largest absolute Gasteiger partial charge is 0.478 e. The maximum absolute atomic E-state index is 12.5. The molecule has 2 atom stereocenters. The van der Waals surface area contributed by atoms with Crippen LogP contribution in [0.5, 0.6) is 0 Å². The van der Waals surface area contributed by atoms with Gasteiger partial charge in [-0.05, 0) is 31.5 Å². The minimum absolute atomic E-state index is 0.0327. The number of aromatic carboxylic acids is 1. The van der Waals surface area contributed by atoms with E-state index in [1.807, 2.05) is 6.07 Å².